The van der Waals surface area contributed by atoms with Crippen LogP contribution >= 0.6 is 35.0 Å². The molecule has 30 heavy (non-hydrogen) atoms. The molecule has 1 aliphatic heterocycles. The number of ketones is 1. The fourth-order valence-corrected chi connectivity index (χ4v) is 4.80. The monoisotopic (exact) mass is 456 g/mol. The summed E-state index contributed by atoms with van der Waals surface area (Å²) in [6, 6.07) is 18.5. The van der Waals surface area contributed by atoms with Crippen molar-refractivity contribution in [3.05, 3.63) is 81.8 Å². The molecule has 0 aliphatic carbocycles. The van der Waals surface area contributed by atoms with E-state index in [4.69, 9.17) is 23.2 Å². The molecule has 0 fully saturated rings. The topological polar surface area (TPSA) is 49.4 Å². The first-order valence-corrected chi connectivity index (χ1v) is 10.9. The molecule has 4 nitrogen and oxygen atoms in total. The molecular weight excluding hydrogens is 439 g/mol. The van der Waals surface area contributed by atoms with E-state index in [-0.39, 0.29) is 18.2 Å². The SMILES string of the molecule is CC(=O)c1ccc2c(c1)N(C(=O)CNCc1ccc(Cl)cc1Cl)c1ccccc1S2. The first-order chi connectivity index (χ1) is 14.4. The molecule has 0 saturated carbocycles. The molecule has 1 amide bonds. The molecule has 1 N–H and O–H groups in total. The molecule has 0 saturated heterocycles. The zero-order chi connectivity index (χ0) is 21.3. The van der Waals surface area contributed by atoms with Gasteiger partial charge >= 0.3 is 0 Å². The Hall–Kier alpha value is -2.31. The van der Waals surface area contributed by atoms with E-state index in [0.717, 1.165) is 26.7 Å². The molecule has 3 aromatic rings. The van der Waals surface area contributed by atoms with Crippen LogP contribution in [0.4, 0.5) is 11.4 Å². The van der Waals surface area contributed by atoms with Crippen LogP contribution in [0, 0.1) is 0 Å². The average molecular weight is 457 g/mol. The van der Waals surface area contributed by atoms with Gasteiger partial charge in [-0.25, -0.2) is 0 Å². The number of Topliss-reactive ketones (excluding diaryl/α,β-unsaturated/α-hetero) is 1. The van der Waals surface area contributed by atoms with Crippen LogP contribution < -0.4 is 10.2 Å². The normalized spacial score (nSPS) is 12.3. The number of carbonyl (C=O) groups is 2. The van der Waals surface area contributed by atoms with Crippen molar-refractivity contribution in [3.8, 4) is 0 Å². The second-order valence-electron chi connectivity index (χ2n) is 6.88. The third-order valence-electron chi connectivity index (χ3n) is 4.79. The summed E-state index contributed by atoms with van der Waals surface area (Å²) in [6.45, 7) is 2.07. The zero-order valence-corrected chi connectivity index (χ0v) is 18.4. The number of amides is 1. The predicted octanol–water partition coefficient (Wildman–Crippen LogP) is 6.12. The standard InChI is InChI=1S/C23H18Cl2N2O2S/c1-14(28)15-7-9-22-20(10-15)27(19-4-2-3-5-21(19)30-22)23(29)13-26-12-16-6-8-17(24)11-18(16)25/h2-11,26H,12-13H2,1H3. The van der Waals surface area contributed by atoms with E-state index >= 15 is 0 Å². The number of carbonyl (C=O) groups excluding carboxylic acids is 2. The van der Waals surface area contributed by atoms with Crippen LogP contribution in [-0.4, -0.2) is 18.2 Å². The smallest absolute Gasteiger partial charge is 0.245 e. The lowest BCUT2D eigenvalue weighted by atomic mass is 10.1. The molecule has 0 spiro atoms. The Morgan fingerprint density at radius 2 is 1.73 bits per heavy atom. The molecule has 1 heterocycles. The molecule has 0 unspecified atom stereocenters. The van der Waals surface area contributed by atoms with E-state index in [2.05, 4.69) is 5.32 Å². The van der Waals surface area contributed by atoms with E-state index in [1.54, 1.807) is 40.9 Å². The van der Waals surface area contributed by atoms with Gasteiger partial charge < -0.3 is 5.32 Å². The fraction of sp³-hybridized carbons (Fsp3) is 0.130. The quantitative estimate of drug-likeness (QED) is 0.470. The summed E-state index contributed by atoms with van der Waals surface area (Å²) >= 11 is 13.8. The number of anilines is 2. The third kappa shape index (κ3) is 4.25. The summed E-state index contributed by atoms with van der Waals surface area (Å²) in [6.07, 6.45) is 0. The van der Waals surface area contributed by atoms with E-state index in [1.807, 2.05) is 36.4 Å². The van der Waals surface area contributed by atoms with Gasteiger partial charge in [-0.15, -0.1) is 0 Å². The van der Waals surface area contributed by atoms with Crippen molar-refractivity contribution in [1.29, 1.82) is 0 Å². The van der Waals surface area contributed by atoms with Crippen LogP contribution in [0.1, 0.15) is 22.8 Å². The van der Waals surface area contributed by atoms with Gasteiger partial charge in [-0.05, 0) is 48.9 Å². The van der Waals surface area contributed by atoms with Crippen molar-refractivity contribution in [2.45, 2.75) is 23.3 Å². The summed E-state index contributed by atoms with van der Waals surface area (Å²) in [7, 11) is 0. The lowest BCUT2D eigenvalue weighted by molar-refractivity contribution is -0.117. The maximum absolute atomic E-state index is 13.2. The Morgan fingerprint density at radius 1 is 0.967 bits per heavy atom. The van der Waals surface area contributed by atoms with Gasteiger partial charge in [-0.1, -0.05) is 59.2 Å². The average Bonchev–Trinajstić information content (AvgIpc) is 2.73. The Labute approximate surface area is 189 Å². The Kier molecular flexibility index (Phi) is 6.16. The number of para-hydroxylation sites is 1. The van der Waals surface area contributed by atoms with Crippen molar-refractivity contribution >= 4 is 58.0 Å². The first kappa shape index (κ1) is 20.9. The largest absolute Gasteiger partial charge is 0.304 e. The number of benzene rings is 3. The number of nitrogens with zero attached hydrogens (tertiary/aromatic N) is 1. The summed E-state index contributed by atoms with van der Waals surface area (Å²) in [5, 5.41) is 4.29. The van der Waals surface area contributed by atoms with Gasteiger partial charge in [0.05, 0.1) is 17.9 Å². The van der Waals surface area contributed by atoms with Crippen LogP contribution in [0.15, 0.2) is 70.5 Å². The summed E-state index contributed by atoms with van der Waals surface area (Å²) < 4.78 is 0. The third-order valence-corrected chi connectivity index (χ3v) is 6.51. The number of fused-ring (bicyclic) bond motifs is 2. The minimum Gasteiger partial charge on any atom is -0.304 e. The van der Waals surface area contributed by atoms with Gasteiger partial charge in [0.1, 0.15) is 0 Å². The lowest BCUT2D eigenvalue weighted by Gasteiger charge is -2.31. The first-order valence-electron chi connectivity index (χ1n) is 9.33. The van der Waals surface area contributed by atoms with Crippen molar-refractivity contribution in [1.82, 2.24) is 5.32 Å². The van der Waals surface area contributed by atoms with Gasteiger partial charge in [-0.3, -0.25) is 14.5 Å². The number of rotatable bonds is 5. The van der Waals surface area contributed by atoms with Crippen molar-refractivity contribution in [2.75, 3.05) is 11.4 Å². The summed E-state index contributed by atoms with van der Waals surface area (Å²) in [4.78, 5) is 28.8. The highest BCUT2D eigenvalue weighted by molar-refractivity contribution is 7.99. The van der Waals surface area contributed by atoms with Crippen LogP contribution in [0.5, 0.6) is 0 Å². The highest BCUT2D eigenvalue weighted by atomic mass is 35.5. The second kappa shape index (κ2) is 8.82. The van der Waals surface area contributed by atoms with Crippen molar-refractivity contribution < 1.29 is 9.59 Å². The maximum atomic E-state index is 13.2. The van der Waals surface area contributed by atoms with E-state index in [9.17, 15) is 9.59 Å². The second-order valence-corrected chi connectivity index (χ2v) is 8.80. The highest BCUT2D eigenvalue weighted by Gasteiger charge is 2.28. The molecule has 0 radical (unpaired) electrons. The number of hydrogen-bond acceptors (Lipinski definition) is 4. The molecule has 1 aliphatic rings. The van der Waals surface area contributed by atoms with Gasteiger partial charge in [-0.2, -0.15) is 0 Å². The van der Waals surface area contributed by atoms with Gasteiger partial charge in [0.25, 0.3) is 0 Å². The Bertz CT molecular complexity index is 1150. The van der Waals surface area contributed by atoms with Crippen LogP contribution in [0.25, 0.3) is 0 Å². The van der Waals surface area contributed by atoms with E-state index in [1.165, 1.54) is 6.92 Å². The van der Waals surface area contributed by atoms with E-state index < -0.39 is 0 Å². The maximum Gasteiger partial charge on any atom is 0.245 e. The number of nitrogens with one attached hydrogen (secondary N) is 1. The van der Waals surface area contributed by atoms with Crippen LogP contribution in [-0.2, 0) is 11.3 Å². The molecule has 0 atom stereocenters. The molecular formula is C23H18Cl2N2O2S. The number of hydrogen-bond donors (Lipinski definition) is 1. The van der Waals surface area contributed by atoms with Gasteiger partial charge in [0, 0.05) is 31.9 Å². The summed E-state index contributed by atoms with van der Waals surface area (Å²) in [5.41, 5.74) is 2.98. The lowest BCUT2D eigenvalue weighted by Crippen LogP contribution is -2.36. The molecule has 0 aromatic heterocycles. The Balaban J connectivity index is 1.60. The molecule has 152 valence electrons. The molecule has 3 aromatic carbocycles. The van der Waals surface area contributed by atoms with Crippen LogP contribution in [0.3, 0.4) is 0 Å². The van der Waals surface area contributed by atoms with Crippen molar-refractivity contribution in [3.63, 3.8) is 0 Å². The van der Waals surface area contributed by atoms with Gasteiger partial charge in [0.2, 0.25) is 5.91 Å². The van der Waals surface area contributed by atoms with E-state index in [0.29, 0.717) is 22.2 Å². The fourth-order valence-electron chi connectivity index (χ4n) is 3.29. The molecule has 7 heteroatoms. The molecule has 4 rings (SSSR count). The number of halogens is 2. The predicted molar refractivity (Wildman–Crippen MR) is 122 cm³/mol. The van der Waals surface area contributed by atoms with Gasteiger partial charge in [0.15, 0.2) is 5.78 Å². The Morgan fingerprint density at radius 3 is 2.50 bits per heavy atom. The summed E-state index contributed by atoms with van der Waals surface area (Å²) in [5.74, 6) is -0.153. The zero-order valence-electron chi connectivity index (χ0n) is 16.1. The highest BCUT2D eigenvalue weighted by Crippen LogP contribution is 2.48. The van der Waals surface area contributed by atoms with Crippen molar-refractivity contribution in [2.24, 2.45) is 0 Å². The van der Waals surface area contributed by atoms with Crippen LogP contribution in [0.2, 0.25) is 10.0 Å². The minimum absolute atomic E-state index is 0.0374. The molecule has 0 bridgehead atoms. The minimum atomic E-state index is -0.116.